The van der Waals surface area contributed by atoms with Crippen LogP contribution in [0.15, 0.2) is 58.8 Å². The van der Waals surface area contributed by atoms with Crippen molar-refractivity contribution in [2.24, 2.45) is 0 Å². The lowest BCUT2D eigenvalue weighted by molar-refractivity contribution is -0.385. The molecule has 1 amide bonds. The zero-order valence-electron chi connectivity index (χ0n) is 13.7. The number of carbonyl (C=O) groups excluding carboxylic acids is 1. The molecule has 0 N–H and O–H groups in total. The lowest BCUT2D eigenvalue weighted by Crippen LogP contribution is -2.23. The number of nitrogens with zero attached hydrogens (tertiary/aromatic N) is 4. The normalized spacial score (nSPS) is 10.5. The average Bonchev–Trinajstić information content (AvgIpc) is 3.05. The second-order valence-electron chi connectivity index (χ2n) is 5.42. The standard InChI is InChI=1S/C17H14N4O4S/c1-12(22)20(14-5-3-2-4-6-14)17-18-13(11-26-17)9-19-10-15(21(24)25)7-8-16(19)23/h2-8,10-11H,9H2,1H3. The van der Waals surface area contributed by atoms with Gasteiger partial charge in [0.1, 0.15) is 0 Å². The SMILES string of the molecule is CC(=O)N(c1ccccc1)c1nc(Cn2cc([N+](=O)[O-])ccc2=O)cs1. The summed E-state index contributed by atoms with van der Waals surface area (Å²) in [7, 11) is 0. The molecule has 0 atom stereocenters. The van der Waals surface area contributed by atoms with Crippen LogP contribution >= 0.6 is 11.3 Å². The zero-order chi connectivity index (χ0) is 18.7. The number of rotatable bonds is 5. The Kier molecular flexibility index (Phi) is 4.90. The molecular formula is C17H14N4O4S. The van der Waals surface area contributed by atoms with Gasteiger partial charge in [-0.25, -0.2) is 4.98 Å². The summed E-state index contributed by atoms with van der Waals surface area (Å²) < 4.78 is 1.22. The van der Waals surface area contributed by atoms with Crippen LogP contribution in [0, 0.1) is 10.1 Å². The third-order valence-electron chi connectivity index (χ3n) is 3.57. The first-order valence-electron chi connectivity index (χ1n) is 7.61. The molecule has 0 aliphatic rings. The second-order valence-corrected chi connectivity index (χ2v) is 6.26. The van der Waals surface area contributed by atoms with E-state index in [1.165, 1.54) is 33.9 Å². The van der Waals surface area contributed by atoms with Crippen LogP contribution in [0.25, 0.3) is 0 Å². The van der Waals surface area contributed by atoms with E-state index in [4.69, 9.17) is 0 Å². The van der Waals surface area contributed by atoms with Crippen LogP contribution in [0.5, 0.6) is 0 Å². The molecule has 0 aliphatic heterocycles. The van der Waals surface area contributed by atoms with Crippen molar-refractivity contribution in [3.05, 3.63) is 80.2 Å². The topological polar surface area (TPSA) is 98.3 Å². The van der Waals surface area contributed by atoms with Crippen LogP contribution in [-0.2, 0) is 11.3 Å². The molecule has 0 fully saturated rings. The van der Waals surface area contributed by atoms with Crippen molar-refractivity contribution in [2.45, 2.75) is 13.5 Å². The number of aromatic nitrogens is 2. The number of para-hydroxylation sites is 1. The summed E-state index contributed by atoms with van der Waals surface area (Å²) in [6.45, 7) is 1.52. The van der Waals surface area contributed by atoms with E-state index in [1.54, 1.807) is 17.5 Å². The van der Waals surface area contributed by atoms with Gasteiger partial charge in [0.05, 0.1) is 29.0 Å². The molecule has 9 heteroatoms. The first kappa shape index (κ1) is 17.5. The van der Waals surface area contributed by atoms with Crippen molar-refractivity contribution >= 4 is 33.8 Å². The summed E-state index contributed by atoms with van der Waals surface area (Å²) in [5, 5.41) is 13.1. The van der Waals surface area contributed by atoms with Crippen molar-refractivity contribution in [2.75, 3.05) is 4.90 Å². The Morgan fingerprint density at radius 3 is 2.65 bits per heavy atom. The third-order valence-corrected chi connectivity index (χ3v) is 4.45. The fraction of sp³-hybridized carbons (Fsp3) is 0.118. The summed E-state index contributed by atoms with van der Waals surface area (Å²) in [5.41, 5.74) is 0.689. The van der Waals surface area contributed by atoms with Gasteiger partial charge in [-0.05, 0) is 12.1 Å². The summed E-state index contributed by atoms with van der Waals surface area (Å²) in [5.74, 6) is -0.190. The smallest absolute Gasteiger partial charge is 0.285 e. The number of hydrogen-bond acceptors (Lipinski definition) is 6. The molecular weight excluding hydrogens is 356 g/mol. The van der Waals surface area contributed by atoms with Crippen LogP contribution in [0.3, 0.4) is 0 Å². The molecule has 132 valence electrons. The summed E-state index contributed by atoms with van der Waals surface area (Å²) in [4.78, 5) is 40.2. The number of carbonyl (C=O) groups is 1. The van der Waals surface area contributed by atoms with E-state index in [2.05, 4.69) is 4.98 Å². The molecule has 3 rings (SSSR count). The molecule has 0 aliphatic carbocycles. The molecule has 8 nitrogen and oxygen atoms in total. The summed E-state index contributed by atoms with van der Waals surface area (Å²) in [6.07, 6.45) is 1.18. The number of amides is 1. The fourth-order valence-electron chi connectivity index (χ4n) is 2.40. The molecule has 0 spiro atoms. The number of hydrogen-bond donors (Lipinski definition) is 0. The minimum Gasteiger partial charge on any atom is -0.303 e. The monoisotopic (exact) mass is 370 g/mol. The molecule has 3 aromatic rings. The molecule has 0 unspecified atom stereocenters. The van der Waals surface area contributed by atoms with Gasteiger partial charge in [-0.2, -0.15) is 0 Å². The minimum absolute atomic E-state index is 0.0809. The second kappa shape index (κ2) is 7.28. The quantitative estimate of drug-likeness (QED) is 0.508. The molecule has 0 saturated carbocycles. The van der Waals surface area contributed by atoms with Gasteiger partial charge < -0.3 is 4.57 Å². The maximum atomic E-state index is 12.0. The molecule has 2 heterocycles. The molecule has 26 heavy (non-hydrogen) atoms. The van der Waals surface area contributed by atoms with E-state index >= 15 is 0 Å². The van der Waals surface area contributed by atoms with E-state index in [9.17, 15) is 19.7 Å². The van der Waals surface area contributed by atoms with Gasteiger partial charge in [0.15, 0.2) is 5.13 Å². The molecule has 0 bridgehead atoms. The predicted octanol–water partition coefficient (Wildman–Crippen LogP) is 2.95. The minimum atomic E-state index is -0.560. The molecule has 0 saturated heterocycles. The van der Waals surface area contributed by atoms with E-state index in [1.807, 2.05) is 18.2 Å². The molecule has 0 radical (unpaired) electrons. The third kappa shape index (κ3) is 3.67. The molecule has 1 aromatic carbocycles. The van der Waals surface area contributed by atoms with E-state index in [-0.39, 0.29) is 23.7 Å². The van der Waals surface area contributed by atoms with E-state index < -0.39 is 4.92 Å². The van der Waals surface area contributed by atoms with Crippen LogP contribution in [0.1, 0.15) is 12.6 Å². The highest BCUT2D eigenvalue weighted by atomic mass is 32.1. The lowest BCUT2D eigenvalue weighted by atomic mass is 10.3. The number of pyridine rings is 1. The number of anilines is 2. The Morgan fingerprint density at radius 2 is 2.00 bits per heavy atom. The van der Waals surface area contributed by atoms with E-state index in [0.29, 0.717) is 16.5 Å². The van der Waals surface area contributed by atoms with Crippen molar-refractivity contribution in [3.8, 4) is 0 Å². The van der Waals surface area contributed by atoms with Crippen molar-refractivity contribution in [1.29, 1.82) is 0 Å². The van der Waals surface area contributed by atoms with Gasteiger partial charge in [-0.15, -0.1) is 11.3 Å². The summed E-state index contributed by atoms with van der Waals surface area (Å²) >= 11 is 1.26. The van der Waals surface area contributed by atoms with Gasteiger partial charge in [0, 0.05) is 24.4 Å². The van der Waals surface area contributed by atoms with Crippen LogP contribution in [0.2, 0.25) is 0 Å². The average molecular weight is 370 g/mol. The van der Waals surface area contributed by atoms with Gasteiger partial charge >= 0.3 is 0 Å². The van der Waals surface area contributed by atoms with E-state index in [0.717, 1.165) is 12.1 Å². The first-order chi connectivity index (χ1) is 12.5. The summed E-state index contributed by atoms with van der Waals surface area (Å²) in [6, 6.07) is 11.4. The number of nitro groups is 1. The van der Waals surface area contributed by atoms with Crippen molar-refractivity contribution in [3.63, 3.8) is 0 Å². The largest absolute Gasteiger partial charge is 0.303 e. The van der Waals surface area contributed by atoms with Crippen LogP contribution in [0.4, 0.5) is 16.5 Å². The Labute approximate surface area is 152 Å². The van der Waals surface area contributed by atoms with Gasteiger partial charge in [-0.3, -0.25) is 24.6 Å². The van der Waals surface area contributed by atoms with Gasteiger partial charge in [-0.1, -0.05) is 18.2 Å². The fourth-order valence-corrected chi connectivity index (χ4v) is 3.28. The number of thiazole rings is 1. The lowest BCUT2D eigenvalue weighted by Gasteiger charge is -2.17. The zero-order valence-corrected chi connectivity index (χ0v) is 14.5. The number of benzene rings is 1. The molecule has 2 aromatic heterocycles. The highest BCUT2D eigenvalue weighted by molar-refractivity contribution is 7.14. The van der Waals surface area contributed by atoms with Gasteiger partial charge in [0.25, 0.3) is 11.2 Å². The highest BCUT2D eigenvalue weighted by Gasteiger charge is 2.18. The maximum Gasteiger partial charge on any atom is 0.285 e. The highest BCUT2D eigenvalue weighted by Crippen LogP contribution is 2.28. The predicted molar refractivity (Wildman–Crippen MR) is 97.8 cm³/mol. The van der Waals surface area contributed by atoms with Gasteiger partial charge in [0.2, 0.25) is 5.91 Å². The van der Waals surface area contributed by atoms with Crippen molar-refractivity contribution in [1.82, 2.24) is 9.55 Å². The Bertz CT molecular complexity index is 1010. The first-order valence-corrected chi connectivity index (χ1v) is 8.48. The maximum absolute atomic E-state index is 12.0. The Morgan fingerprint density at radius 1 is 1.27 bits per heavy atom. The Balaban J connectivity index is 1.90. The van der Waals surface area contributed by atoms with Crippen LogP contribution < -0.4 is 10.5 Å². The van der Waals surface area contributed by atoms with Crippen LogP contribution in [-0.4, -0.2) is 20.4 Å². The van der Waals surface area contributed by atoms with Crippen molar-refractivity contribution < 1.29 is 9.72 Å². The Hall–Kier alpha value is -3.33.